The highest BCUT2D eigenvalue weighted by atomic mass is 16.5. The van der Waals surface area contributed by atoms with Crippen molar-refractivity contribution in [2.24, 2.45) is 5.41 Å². The van der Waals surface area contributed by atoms with Gasteiger partial charge < -0.3 is 5.21 Å². The predicted molar refractivity (Wildman–Crippen MR) is 98.4 cm³/mol. The van der Waals surface area contributed by atoms with Gasteiger partial charge in [0.25, 0.3) is 0 Å². The van der Waals surface area contributed by atoms with Crippen LogP contribution in [0.25, 0.3) is 0 Å². The first kappa shape index (κ1) is 22.9. The summed E-state index contributed by atoms with van der Waals surface area (Å²) in [4.78, 5) is 0. The second kappa shape index (κ2) is 15.4. The minimum absolute atomic E-state index is 0.196. The van der Waals surface area contributed by atoms with Gasteiger partial charge in [-0.15, -0.1) is 0 Å². The molecule has 4 heteroatoms. The van der Waals surface area contributed by atoms with Gasteiger partial charge in [-0.3, -0.25) is 0 Å². The number of nitriles is 2. The summed E-state index contributed by atoms with van der Waals surface area (Å²) in [7, 11) is 0. The normalized spacial score (nSPS) is 11.4. The SMILES string of the molecule is CC(C)(C#N)CCCCCCN(O)CCCCCCCCCC#N. The minimum Gasteiger partial charge on any atom is -0.314 e. The van der Waals surface area contributed by atoms with Gasteiger partial charge in [-0.05, 0) is 39.5 Å². The van der Waals surface area contributed by atoms with Crippen LogP contribution in [-0.2, 0) is 0 Å². The number of hydrogen-bond donors (Lipinski definition) is 1. The molecule has 0 aromatic heterocycles. The molecule has 0 saturated heterocycles. The Bertz CT molecular complexity index is 368. The van der Waals surface area contributed by atoms with Crippen LogP contribution >= 0.6 is 0 Å². The summed E-state index contributed by atoms with van der Waals surface area (Å²) < 4.78 is 0. The van der Waals surface area contributed by atoms with E-state index in [4.69, 9.17) is 10.5 Å². The lowest BCUT2D eigenvalue weighted by molar-refractivity contribution is -0.0925. The Morgan fingerprint density at radius 1 is 0.750 bits per heavy atom. The molecule has 0 saturated carbocycles. The highest BCUT2D eigenvalue weighted by molar-refractivity contribution is 4.91. The molecule has 0 aliphatic heterocycles. The zero-order valence-corrected chi connectivity index (χ0v) is 15.9. The third kappa shape index (κ3) is 15.8. The summed E-state index contributed by atoms with van der Waals surface area (Å²) in [5.74, 6) is 0. The predicted octanol–water partition coefficient (Wildman–Crippen LogP) is 5.82. The van der Waals surface area contributed by atoms with Crippen molar-refractivity contribution in [2.45, 2.75) is 97.3 Å². The van der Waals surface area contributed by atoms with Gasteiger partial charge in [-0.1, -0.05) is 51.4 Å². The molecule has 0 aromatic carbocycles. The molecule has 0 atom stereocenters. The van der Waals surface area contributed by atoms with E-state index in [0.717, 1.165) is 58.0 Å². The van der Waals surface area contributed by atoms with Gasteiger partial charge in [0.2, 0.25) is 0 Å². The second-order valence-electron chi connectivity index (χ2n) is 7.50. The Morgan fingerprint density at radius 3 is 1.71 bits per heavy atom. The van der Waals surface area contributed by atoms with E-state index < -0.39 is 0 Å². The molecule has 0 aromatic rings. The summed E-state index contributed by atoms with van der Waals surface area (Å²) >= 11 is 0. The molecule has 4 nitrogen and oxygen atoms in total. The van der Waals surface area contributed by atoms with E-state index in [1.54, 1.807) is 0 Å². The Morgan fingerprint density at radius 2 is 1.21 bits per heavy atom. The van der Waals surface area contributed by atoms with E-state index in [1.807, 2.05) is 13.8 Å². The van der Waals surface area contributed by atoms with Gasteiger partial charge in [0.15, 0.2) is 0 Å². The van der Waals surface area contributed by atoms with Crippen molar-refractivity contribution in [1.82, 2.24) is 5.06 Å². The molecular weight excluding hydrogens is 298 g/mol. The Hall–Kier alpha value is -1.10. The smallest absolute Gasteiger partial charge is 0.0683 e. The second-order valence-corrected chi connectivity index (χ2v) is 7.50. The summed E-state index contributed by atoms with van der Waals surface area (Å²) in [6.45, 7) is 5.52. The average molecular weight is 336 g/mol. The molecule has 0 rings (SSSR count). The Labute approximate surface area is 149 Å². The number of hydrogen-bond acceptors (Lipinski definition) is 4. The molecule has 0 spiro atoms. The van der Waals surface area contributed by atoms with Gasteiger partial charge in [-0.2, -0.15) is 15.6 Å². The van der Waals surface area contributed by atoms with Crippen molar-refractivity contribution < 1.29 is 5.21 Å². The van der Waals surface area contributed by atoms with Crippen LogP contribution in [0.1, 0.15) is 97.3 Å². The molecule has 0 radical (unpaired) electrons. The quantitative estimate of drug-likeness (QED) is 0.285. The molecule has 24 heavy (non-hydrogen) atoms. The highest BCUT2D eigenvalue weighted by Crippen LogP contribution is 2.22. The van der Waals surface area contributed by atoms with Crippen molar-refractivity contribution in [3.63, 3.8) is 0 Å². The highest BCUT2D eigenvalue weighted by Gasteiger charge is 2.15. The summed E-state index contributed by atoms with van der Waals surface area (Å²) in [5, 5.41) is 28.7. The first-order valence-corrected chi connectivity index (χ1v) is 9.74. The number of nitrogens with zero attached hydrogens (tertiary/aromatic N) is 3. The van der Waals surface area contributed by atoms with E-state index in [1.165, 1.54) is 37.2 Å². The average Bonchev–Trinajstić information content (AvgIpc) is 2.56. The van der Waals surface area contributed by atoms with E-state index in [0.29, 0.717) is 6.42 Å². The molecule has 138 valence electrons. The molecular formula is C20H37N3O. The van der Waals surface area contributed by atoms with Crippen LogP contribution in [0.2, 0.25) is 0 Å². The monoisotopic (exact) mass is 335 g/mol. The number of hydroxylamine groups is 2. The molecule has 0 bridgehead atoms. The zero-order valence-electron chi connectivity index (χ0n) is 15.9. The molecule has 0 unspecified atom stereocenters. The van der Waals surface area contributed by atoms with Gasteiger partial charge in [0.05, 0.1) is 17.6 Å². The van der Waals surface area contributed by atoms with Gasteiger partial charge in [0, 0.05) is 19.5 Å². The fraction of sp³-hybridized carbons (Fsp3) is 0.900. The summed E-state index contributed by atoms with van der Waals surface area (Å²) in [6.07, 6.45) is 14.2. The molecule has 1 N–H and O–H groups in total. The molecule has 0 aliphatic carbocycles. The standard InChI is InChI=1S/C20H37N3O/c1-20(2,19-22)15-11-7-10-14-18-23(24)17-13-9-6-4-3-5-8-12-16-21/h24H,3-15,17-18H2,1-2H3. The Balaban J connectivity index is 3.29. The van der Waals surface area contributed by atoms with Crippen molar-refractivity contribution in [3.8, 4) is 12.1 Å². The molecule has 0 fully saturated rings. The lowest BCUT2D eigenvalue weighted by Crippen LogP contribution is -2.21. The van der Waals surface area contributed by atoms with E-state index >= 15 is 0 Å². The third-order valence-corrected chi connectivity index (χ3v) is 4.48. The molecule has 0 heterocycles. The Kier molecular flexibility index (Phi) is 14.7. The van der Waals surface area contributed by atoms with Crippen LogP contribution in [0.4, 0.5) is 0 Å². The van der Waals surface area contributed by atoms with Crippen molar-refractivity contribution in [3.05, 3.63) is 0 Å². The minimum atomic E-state index is -0.196. The lowest BCUT2D eigenvalue weighted by Gasteiger charge is -2.16. The fourth-order valence-corrected chi connectivity index (χ4v) is 2.76. The third-order valence-electron chi connectivity index (χ3n) is 4.48. The molecule has 0 aliphatic rings. The van der Waals surface area contributed by atoms with Gasteiger partial charge >= 0.3 is 0 Å². The number of rotatable bonds is 16. The maximum absolute atomic E-state index is 9.83. The van der Waals surface area contributed by atoms with Crippen LogP contribution in [0.5, 0.6) is 0 Å². The first-order chi connectivity index (χ1) is 11.5. The summed E-state index contributed by atoms with van der Waals surface area (Å²) in [5.41, 5.74) is -0.196. The van der Waals surface area contributed by atoms with Crippen molar-refractivity contribution >= 4 is 0 Å². The van der Waals surface area contributed by atoms with Gasteiger partial charge in [-0.25, -0.2) is 0 Å². The van der Waals surface area contributed by atoms with Crippen LogP contribution in [0, 0.1) is 28.1 Å². The van der Waals surface area contributed by atoms with E-state index in [-0.39, 0.29) is 5.41 Å². The van der Waals surface area contributed by atoms with Gasteiger partial charge in [0.1, 0.15) is 0 Å². The number of unbranched alkanes of at least 4 members (excludes halogenated alkanes) is 10. The maximum Gasteiger partial charge on any atom is 0.0683 e. The lowest BCUT2D eigenvalue weighted by atomic mass is 9.89. The van der Waals surface area contributed by atoms with E-state index in [2.05, 4.69) is 12.1 Å². The topological polar surface area (TPSA) is 71.1 Å². The fourth-order valence-electron chi connectivity index (χ4n) is 2.76. The van der Waals surface area contributed by atoms with E-state index in [9.17, 15) is 5.21 Å². The van der Waals surface area contributed by atoms with Crippen LogP contribution in [0.3, 0.4) is 0 Å². The molecule has 0 amide bonds. The largest absolute Gasteiger partial charge is 0.314 e. The summed E-state index contributed by atoms with van der Waals surface area (Å²) in [6, 6.07) is 4.52. The van der Waals surface area contributed by atoms with Crippen molar-refractivity contribution in [1.29, 1.82) is 10.5 Å². The maximum atomic E-state index is 9.83. The van der Waals surface area contributed by atoms with Crippen LogP contribution < -0.4 is 0 Å². The van der Waals surface area contributed by atoms with Crippen LogP contribution in [0.15, 0.2) is 0 Å². The van der Waals surface area contributed by atoms with Crippen molar-refractivity contribution in [2.75, 3.05) is 13.1 Å². The zero-order chi connectivity index (χ0) is 18.1. The van der Waals surface area contributed by atoms with Crippen LogP contribution in [-0.4, -0.2) is 23.4 Å². The first-order valence-electron chi connectivity index (χ1n) is 9.74.